The summed E-state index contributed by atoms with van der Waals surface area (Å²) in [6.07, 6.45) is 8.37. The van der Waals surface area contributed by atoms with Crippen LogP contribution in [0.5, 0.6) is 0 Å². The molecule has 24 heavy (non-hydrogen) atoms. The Kier molecular flexibility index (Phi) is 3.85. The van der Waals surface area contributed by atoms with Crippen molar-refractivity contribution >= 4 is 17.6 Å². The summed E-state index contributed by atoms with van der Waals surface area (Å²) in [5.41, 5.74) is 1.10. The van der Waals surface area contributed by atoms with Gasteiger partial charge in [0.25, 0.3) is 0 Å². The Balaban J connectivity index is 1.27. The quantitative estimate of drug-likeness (QED) is 0.774. The van der Waals surface area contributed by atoms with Gasteiger partial charge in [0.15, 0.2) is 5.82 Å². The second kappa shape index (κ2) is 5.90. The van der Waals surface area contributed by atoms with E-state index in [1.54, 1.807) is 6.07 Å². The number of carbonyl (C=O) groups is 2. The number of amides is 2. The minimum Gasteiger partial charge on any atom is -0.347 e. The Hall–Kier alpha value is -1.85. The molecular weight excluding hydrogens is 304 g/mol. The lowest BCUT2D eigenvalue weighted by atomic mass is 9.49. The SMILES string of the molecule is Cc1cc(NC(=O)CNC(=O)CC23CC4CC(CC(C4)C2)C3)n[nH]1. The number of nitrogens with zero attached hydrogens (tertiary/aromatic N) is 1. The lowest BCUT2D eigenvalue weighted by molar-refractivity contribution is -0.131. The average Bonchev–Trinajstić information content (AvgIpc) is 2.88. The molecule has 130 valence electrons. The maximum absolute atomic E-state index is 12.4. The minimum atomic E-state index is -0.236. The first-order valence-corrected chi connectivity index (χ1v) is 9.08. The fourth-order valence-electron chi connectivity index (χ4n) is 5.76. The van der Waals surface area contributed by atoms with E-state index < -0.39 is 0 Å². The second-order valence-electron chi connectivity index (χ2n) is 8.36. The molecule has 4 saturated carbocycles. The highest BCUT2D eigenvalue weighted by Gasteiger charge is 2.51. The van der Waals surface area contributed by atoms with Crippen molar-refractivity contribution in [2.75, 3.05) is 11.9 Å². The summed E-state index contributed by atoms with van der Waals surface area (Å²) in [5.74, 6) is 2.80. The molecule has 0 atom stereocenters. The van der Waals surface area contributed by atoms with Gasteiger partial charge in [-0.25, -0.2) is 0 Å². The molecule has 4 bridgehead atoms. The number of anilines is 1. The van der Waals surface area contributed by atoms with E-state index in [4.69, 9.17) is 0 Å². The number of hydrogen-bond acceptors (Lipinski definition) is 3. The normalized spacial score (nSPS) is 33.5. The van der Waals surface area contributed by atoms with Crippen LogP contribution in [0.2, 0.25) is 0 Å². The second-order valence-corrected chi connectivity index (χ2v) is 8.36. The lowest BCUT2D eigenvalue weighted by Gasteiger charge is -2.56. The highest BCUT2D eigenvalue weighted by Crippen LogP contribution is 2.61. The summed E-state index contributed by atoms with van der Waals surface area (Å²) < 4.78 is 0. The molecule has 3 N–H and O–H groups in total. The Labute approximate surface area is 142 Å². The zero-order valence-electron chi connectivity index (χ0n) is 14.2. The van der Waals surface area contributed by atoms with E-state index in [0.29, 0.717) is 12.2 Å². The zero-order valence-corrected chi connectivity index (χ0v) is 14.2. The Morgan fingerprint density at radius 1 is 1.17 bits per heavy atom. The smallest absolute Gasteiger partial charge is 0.244 e. The number of nitrogens with one attached hydrogen (secondary N) is 3. The van der Waals surface area contributed by atoms with Gasteiger partial charge in [0, 0.05) is 18.2 Å². The topological polar surface area (TPSA) is 86.9 Å². The number of aryl methyl sites for hydroxylation is 1. The molecule has 5 rings (SSSR count). The van der Waals surface area contributed by atoms with E-state index in [0.717, 1.165) is 23.4 Å². The molecule has 4 aliphatic carbocycles. The molecule has 6 heteroatoms. The van der Waals surface area contributed by atoms with Crippen LogP contribution in [-0.4, -0.2) is 28.6 Å². The molecule has 2 amide bonds. The summed E-state index contributed by atoms with van der Waals surface area (Å²) in [4.78, 5) is 24.3. The van der Waals surface area contributed by atoms with E-state index in [1.165, 1.54) is 38.5 Å². The fraction of sp³-hybridized carbons (Fsp3) is 0.722. The molecule has 0 radical (unpaired) electrons. The summed E-state index contributed by atoms with van der Waals surface area (Å²) in [6.45, 7) is 1.88. The monoisotopic (exact) mass is 330 g/mol. The van der Waals surface area contributed by atoms with Gasteiger partial charge in [-0.2, -0.15) is 5.10 Å². The molecule has 6 nitrogen and oxygen atoms in total. The van der Waals surface area contributed by atoms with Crippen LogP contribution in [0.15, 0.2) is 6.07 Å². The van der Waals surface area contributed by atoms with Crippen molar-refractivity contribution in [3.05, 3.63) is 11.8 Å². The third kappa shape index (κ3) is 3.19. The first kappa shape index (κ1) is 15.7. The maximum Gasteiger partial charge on any atom is 0.244 e. The molecular formula is C18H26N4O2. The van der Waals surface area contributed by atoms with Gasteiger partial charge in [0.1, 0.15) is 0 Å². The van der Waals surface area contributed by atoms with Crippen molar-refractivity contribution in [2.45, 2.75) is 51.9 Å². The Bertz CT molecular complexity index is 616. The van der Waals surface area contributed by atoms with Gasteiger partial charge in [-0.15, -0.1) is 0 Å². The zero-order chi connectivity index (χ0) is 16.7. The maximum atomic E-state index is 12.4. The highest BCUT2D eigenvalue weighted by atomic mass is 16.2. The van der Waals surface area contributed by atoms with Crippen LogP contribution in [0, 0.1) is 30.1 Å². The molecule has 1 aromatic rings. The first-order chi connectivity index (χ1) is 11.5. The predicted octanol–water partition coefficient (Wildman–Crippen LogP) is 2.38. The first-order valence-electron chi connectivity index (χ1n) is 9.08. The molecule has 4 fully saturated rings. The summed E-state index contributed by atoms with van der Waals surface area (Å²) >= 11 is 0. The summed E-state index contributed by atoms with van der Waals surface area (Å²) in [5, 5.41) is 12.2. The summed E-state index contributed by atoms with van der Waals surface area (Å²) in [6, 6.07) is 1.76. The van der Waals surface area contributed by atoms with Crippen molar-refractivity contribution in [1.82, 2.24) is 15.5 Å². The Morgan fingerprint density at radius 3 is 2.33 bits per heavy atom. The number of aromatic nitrogens is 2. The predicted molar refractivity (Wildman–Crippen MR) is 90.2 cm³/mol. The third-order valence-corrected chi connectivity index (χ3v) is 6.12. The van der Waals surface area contributed by atoms with Crippen molar-refractivity contribution < 1.29 is 9.59 Å². The molecule has 0 spiro atoms. The van der Waals surface area contributed by atoms with Crippen LogP contribution in [0.1, 0.15) is 50.6 Å². The number of rotatable bonds is 5. The molecule has 0 saturated heterocycles. The van der Waals surface area contributed by atoms with Crippen LogP contribution in [-0.2, 0) is 9.59 Å². The molecule has 1 aromatic heterocycles. The average molecular weight is 330 g/mol. The van der Waals surface area contributed by atoms with Crippen molar-refractivity contribution in [3.8, 4) is 0 Å². The van der Waals surface area contributed by atoms with Crippen LogP contribution in [0.4, 0.5) is 5.82 Å². The largest absolute Gasteiger partial charge is 0.347 e. The van der Waals surface area contributed by atoms with E-state index in [9.17, 15) is 9.59 Å². The Morgan fingerprint density at radius 2 is 1.79 bits per heavy atom. The van der Waals surface area contributed by atoms with E-state index in [-0.39, 0.29) is 23.8 Å². The molecule has 0 aromatic carbocycles. The highest BCUT2D eigenvalue weighted by molar-refractivity contribution is 5.93. The number of hydrogen-bond donors (Lipinski definition) is 3. The number of H-pyrrole nitrogens is 1. The van der Waals surface area contributed by atoms with Gasteiger partial charge in [-0.3, -0.25) is 14.7 Å². The number of aromatic amines is 1. The molecule has 1 heterocycles. The molecule has 4 aliphatic rings. The van der Waals surface area contributed by atoms with Gasteiger partial charge in [0.05, 0.1) is 6.54 Å². The number of carbonyl (C=O) groups excluding carboxylic acids is 2. The van der Waals surface area contributed by atoms with Gasteiger partial charge in [-0.05, 0) is 68.6 Å². The minimum absolute atomic E-state index is 0.0110. The van der Waals surface area contributed by atoms with Crippen LogP contribution < -0.4 is 10.6 Å². The van der Waals surface area contributed by atoms with Gasteiger partial charge in [0.2, 0.25) is 11.8 Å². The van der Waals surface area contributed by atoms with Crippen LogP contribution in [0.3, 0.4) is 0 Å². The molecule has 0 unspecified atom stereocenters. The molecule has 0 aliphatic heterocycles. The fourth-order valence-corrected chi connectivity index (χ4v) is 5.76. The van der Waals surface area contributed by atoms with E-state index in [1.807, 2.05) is 6.92 Å². The van der Waals surface area contributed by atoms with Crippen molar-refractivity contribution in [1.29, 1.82) is 0 Å². The lowest BCUT2D eigenvalue weighted by Crippen LogP contribution is -2.48. The van der Waals surface area contributed by atoms with Crippen molar-refractivity contribution in [2.24, 2.45) is 23.2 Å². The van der Waals surface area contributed by atoms with E-state index in [2.05, 4.69) is 20.8 Å². The van der Waals surface area contributed by atoms with Crippen molar-refractivity contribution in [3.63, 3.8) is 0 Å². The third-order valence-electron chi connectivity index (χ3n) is 6.12. The summed E-state index contributed by atoms with van der Waals surface area (Å²) in [7, 11) is 0. The van der Waals surface area contributed by atoms with Gasteiger partial charge < -0.3 is 10.6 Å². The van der Waals surface area contributed by atoms with Gasteiger partial charge >= 0.3 is 0 Å². The standard InChI is InChI=1S/C18H26N4O2/c1-11-2-15(22-21-11)20-17(24)10-19-16(23)9-18-6-12-3-13(7-18)5-14(4-12)8-18/h2,12-14H,3-10H2,1H3,(H,19,23)(H2,20,21,22,24). The van der Waals surface area contributed by atoms with E-state index >= 15 is 0 Å². The van der Waals surface area contributed by atoms with Gasteiger partial charge in [-0.1, -0.05) is 0 Å². The van der Waals surface area contributed by atoms with Crippen LogP contribution >= 0.6 is 0 Å². The van der Waals surface area contributed by atoms with Crippen LogP contribution in [0.25, 0.3) is 0 Å².